The summed E-state index contributed by atoms with van der Waals surface area (Å²) in [7, 11) is -3.51. The Morgan fingerprint density at radius 3 is 1.03 bits per heavy atom. The topological polar surface area (TPSA) is 0 Å². The van der Waals surface area contributed by atoms with Gasteiger partial charge in [-0.25, -0.2) is 0 Å². The summed E-state index contributed by atoms with van der Waals surface area (Å²) in [6, 6.07) is 34.9. The molecule has 148 valence electrons. The van der Waals surface area contributed by atoms with Gasteiger partial charge in [-0.15, -0.1) is 0 Å². The van der Waals surface area contributed by atoms with Gasteiger partial charge in [0.25, 0.3) is 0 Å². The van der Waals surface area contributed by atoms with Gasteiger partial charge in [-0.2, -0.15) is 0 Å². The van der Waals surface area contributed by atoms with Crippen LogP contribution in [0.25, 0.3) is 0 Å². The molecule has 2 saturated carbocycles. The van der Waals surface area contributed by atoms with Crippen molar-refractivity contribution in [3.05, 3.63) is 91.0 Å². The highest BCUT2D eigenvalue weighted by atomic mass is 28.3. The molecule has 2 aliphatic carbocycles. The third-order valence-electron chi connectivity index (χ3n) is 8.19. The van der Waals surface area contributed by atoms with Gasteiger partial charge < -0.3 is 0 Å². The van der Waals surface area contributed by atoms with Crippen molar-refractivity contribution in [3.8, 4) is 0 Å². The molecule has 29 heavy (non-hydrogen) atoms. The van der Waals surface area contributed by atoms with Crippen LogP contribution < -0.4 is 15.6 Å². The average Bonchev–Trinajstić information content (AvgIpc) is 3.64. The third-order valence-corrected chi connectivity index (χ3v) is 18.3. The summed E-state index contributed by atoms with van der Waals surface area (Å²) in [4.78, 5) is 0. The molecule has 0 saturated heterocycles. The van der Waals surface area contributed by atoms with E-state index in [0.717, 1.165) is 0 Å². The molecule has 3 aromatic carbocycles. The molecule has 0 nitrogen and oxygen atoms in total. The second kappa shape index (κ2) is 6.55. The Hall–Kier alpha value is -1.91. The van der Waals surface area contributed by atoms with Crippen molar-refractivity contribution < 1.29 is 0 Å². The lowest BCUT2D eigenvalue weighted by Gasteiger charge is -2.50. The first kappa shape index (κ1) is 19.1. The second-order valence-corrected chi connectivity index (χ2v) is 19.9. The van der Waals surface area contributed by atoms with Crippen molar-refractivity contribution in [2.24, 2.45) is 0 Å². The van der Waals surface area contributed by atoms with Gasteiger partial charge in [0.2, 0.25) is 0 Å². The van der Waals surface area contributed by atoms with Gasteiger partial charge in [0.1, 0.15) is 0 Å². The maximum Gasteiger partial charge on any atom is 0.154 e. The van der Waals surface area contributed by atoms with E-state index in [1.165, 1.54) is 25.7 Å². The molecule has 3 aromatic rings. The van der Waals surface area contributed by atoms with E-state index < -0.39 is 16.1 Å². The van der Waals surface area contributed by atoms with Crippen molar-refractivity contribution in [2.45, 2.75) is 55.4 Å². The molecule has 0 N–H and O–H groups in total. The minimum atomic E-state index is -2.19. The summed E-state index contributed by atoms with van der Waals surface area (Å²) >= 11 is 0. The van der Waals surface area contributed by atoms with Gasteiger partial charge >= 0.3 is 0 Å². The molecule has 0 radical (unpaired) electrons. The highest BCUT2D eigenvalue weighted by Gasteiger charge is 2.78. The van der Waals surface area contributed by atoms with Crippen LogP contribution in [0.2, 0.25) is 29.7 Å². The lowest BCUT2D eigenvalue weighted by Crippen LogP contribution is -2.72. The molecule has 0 atom stereocenters. The van der Waals surface area contributed by atoms with E-state index in [-0.39, 0.29) is 0 Å². The van der Waals surface area contributed by atoms with E-state index in [1.54, 1.807) is 15.6 Å². The molecule has 0 aromatic heterocycles. The minimum Gasteiger partial charge on any atom is -0.0691 e. The Morgan fingerprint density at radius 2 is 0.793 bits per heavy atom. The van der Waals surface area contributed by atoms with E-state index in [0.29, 0.717) is 10.1 Å². The van der Waals surface area contributed by atoms with Crippen LogP contribution in [0.5, 0.6) is 0 Å². The molecule has 2 heteroatoms. The fourth-order valence-corrected chi connectivity index (χ4v) is 18.4. The first-order valence-electron chi connectivity index (χ1n) is 11.1. The fourth-order valence-electron chi connectivity index (χ4n) is 6.80. The molecule has 0 bridgehead atoms. The van der Waals surface area contributed by atoms with Crippen LogP contribution in [0.1, 0.15) is 25.7 Å². The Balaban J connectivity index is 1.88. The quantitative estimate of drug-likeness (QED) is 0.367. The van der Waals surface area contributed by atoms with E-state index in [1.807, 2.05) is 0 Å². The van der Waals surface area contributed by atoms with Crippen molar-refractivity contribution in [1.29, 1.82) is 0 Å². The number of hydrogen-bond acceptors (Lipinski definition) is 0. The SMILES string of the molecule is C[Si](C)(C)C1(C2([Si](c3ccccc3)(c3ccccc3)c3ccccc3)CC2)CC1. The number of rotatable bonds is 6. The van der Waals surface area contributed by atoms with Crippen molar-refractivity contribution in [2.75, 3.05) is 0 Å². The third kappa shape index (κ3) is 2.55. The van der Waals surface area contributed by atoms with Crippen molar-refractivity contribution >= 4 is 31.7 Å². The zero-order valence-electron chi connectivity index (χ0n) is 18.0. The van der Waals surface area contributed by atoms with E-state index >= 15 is 0 Å². The zero-order chi connectivity index (χ0) is 20.2. The van der Waals surface area contributed by atoms with Crippen LogP contribution in [0.3, 0.4) is 0 Å². The Kier molecular flexibility index (Phi) is 4.31. The summed E-state index contributed by atoms with van der Waals surface area (Å²) in [6.07, 6.45) is 5.71. The maximum absolute atomic E-state index is 2.64. The zero-order valence-corrected chi connectivity index (χ0v) is 20.0. The molecule has 0 heterocycles. The van der Waals surface area contributed by atoms with Gasteiger partial charge in [-0.1, -0.05) is 111 Å². The highest BCUT2D eigenvalue weighted by Crippen LogP contribution is 2.86. The van der Waals surface area contributed by atoms with Gasteiger partial charge in [0.15, 0.2) is 8.07 Å². The number of benzene rings is 3. The summed E-state index contributed by atoms with van der Waals surface area (Å²) < 4.78 is 0. The van der Waals surface area contributed by atoms with E-state index in [2.05, 4.69) is 111 Å². The second-order valence-electron chi connectivity index (χ2n) is 10.3. The van der Waals surface area contributed by atoms with Gasteiger partial charge in [-0.3, -0.25) is 0 Å². The Bertz CT molecular complexity index is 882. The first-order chi connectivity index (χ1) is 14.0. The summed E-state index contributed by atoms with van der Waals surface area (Å²) in [5, 5.41) is 5.89. The molecular formula is C27H32Si2. The molecule has 0 spiro atoms. The van der Waals surface area contributed by atoms with Gasteiger partial charge in [0, 0.05) is 0 Å². The van der Waals surface area contributed by atoms with E-state index in [4.69, 9.17) is 0 Å². The fraction of sp³-hybridized carbons (Fsp3) is 0.333. The molecule has 2 aliphatic rings. The summed E-state index contributed by atoms with van der Waals surface area (Å²) in [5.41, 5.74) is 0. The average molecular weight is 413 g/mol. The first-order valence-corrected chi connectivity index (χ1v) is 16.6. The monoisotopic (exact) mass is 412 g/mol. The Morgan fingerprint density at radius 1 is 0.483 bits per heavy atom. The molecule has 2 fully saturated rings. The molecule has 0 amide bonds. The molecule has 5 rings (SSSR count). The summed E-state index contributed by atoms with van der Waals surface area (Å²) in [6.45, 7) is 7.92. The minimum absolute atomic E-state index is 0.467. The van der Waals surface area contributed by atoms with Gasteiger partial charge in [0.05, 0.1) is 8.07 Å². The van der Waals surface area contributed by atoms with Crippen LogP contribution in [0, 0.1) is 0 Å². The summed E-state index contributed by atoms with van der Waals surface area (Å²) in [5.74, 6) is 0. The van der Waals surface area contributed by atoms with Crippen molar-refractivity contribution in [1.82, 2.24) is 0 Å². The smallest absolute Gasteiger partial charge is 0.0691 e. The molecule has 0 unspecified atom stereocenters. The Labute approximate surface area is 178 Å². The molecule has 0 aliphatic heterocycles. The molecular weight excluding hydrogens is 380 g/mol. The predicted molar refractivity (Wildman–Crippen MR) is 131 cm³/mol. The normalized spacial score (nSPS) is 19.6. The maximum atomic E-state index is 2.64. The predicted octanol–water partition coefficient (Wildman–Crippen LogP) is 5.56. The number of hydrogen-bond donors (Lipinski definition) is 0. The lowest BCUT2D eigenvalue weighted by molar-refractivity contribution is 0.710. The van der Waals surface area contributed by atoms with Crippen LogP contribution in [0.4, 0.5) is 0 Å². The van der Waals surface area contributed by atoms with Gasteiger partial charge in [-0.05, 0) is 51.3 Å². The highest BCUT2D eigenvalue weighted by molar-refractivity contribution is 7.15. The largest absolute Gasteiger partial charge is 0.154 e. The van der Waals surface area contributed by atoms with E-state index in [9.17, 15) is 0 Å². The van der Waals surface area contributed by atoms with Crippen molar-refractivity contribution in [3.63, 3.8) is 0 Å². The van der Waals surface area contributed by atoms with Crippen LogP contribution >= 0.6 is 0 Å². The lowest BCUT2D eigenvalue weighted by atomic mass is 10.2. The van der Waals surface area contributed by atoms with Crippen LogP contribution in [-0.2, 0) is 0 Å². The van der Waals surface area contributed by atoms with Crippen LogP contribution in [-0.4, -0.2) is 16.1 Å². The van der Waals surface area contributed by atoms with Crippen LogP contribution in [0.15, 0.2) is 91.0 Å². The standard InChI is InChI=1S/C27H32Si2/c1-28(2,3)26(19-20-26)27(21-22-27)29(23-13-7-4-8-14-23,24-15-9-5-10-16-24)25-17-11-6-12-18-25/h4-18H,19-22H2,1-3H3.